The van der Waals surface area contributed by atoms with Crippen LogP contribution in [0.2, 0.25) is 0 Å². The second-order valence-corrected chi connectivity index (χ2v) is 5.06. The van der Waals surface area contributed by atoms with Gasteiger partial charge in [0.15, 0.2) is 0 Å². The fourth-order valence-corrected chi connectivity index (χ4v) is 2.89. The number of aliphatic carboxylic acids is 1. The van der Waals surface area contributed by atoms with E-state index in [9.17, 15) is 9.90 Å². The first kappa shape index (κ1) is 13.7. The lowest BCUT2D eigenvalue weighted by atomic mass is 9.89. The fourth-order valence-electron chi connectivity index (χ4n) is 2.89. The Hall–Kier alpha value is -1.71. The van der Waals surface area contributed by atoms with Gasteiger partial charge in [0, 0.05) is 6.07 Å². The highest BCUT2D eigenvalue weighted by Gasteiger charge is 2.32. The number of carboxylic acids is 1. The third-order valence-electron chi connectivity index (χ3n) is 3.89. The first-order valence-electron chi connectivity index (χ1n) is 6.58. The van der Waals surface area contributed by atoms with E-state index in [1.165, 1.54) is 0 Å². The molecule has 19 heavy (non-hydrogen) atoms. The zero-order chi connectivity index (χ0) is 13.8. The maximum Gasteiger partial charge on any atom is 0.306 e. The standard InChI is InChI=1S/C15H20O4/c1-18-12-7-10(8-13(9-12)19-2)6-11-4-3-5-14(11)15(16)17/h7-9,11,14H,3-6H2,1-2H3,(H,16,17)/t11-,14+/m1/s1. The Bertz CT molecular complexity index is 433. The van der Waals surface area contributed by atoms with Gasteiger partial charge in [-0.15, -0.1) is 0 Å². The maximum atomic E-state index is 11.2. The predicted molar refractivity (Wildman–Crippen MR) is 71.7 cm³/mol. The van der Waals surface area contributed by atoms with Crippen molar-refractivity contribution >= 4 is 5.97 Å². The lowest BCUT2D eigenvalue weighted by Crippen LogP contribution is -2.20. The van der Waals surface area contributed by atoms with Crippen LogP contribution < -0.4 is 9.47 Å². The molecule has 4 heteroatoms. The van der Waals surface area contributed by atoms with Crippen LogP contribution in [0.5, 0.6) is 11.5 Å². The lowest BCUT2D eigenvalue weighted by molar-refractivity contribution is -0.142. The van der Waals surface area contributed by atoms with Crippen molar-refractivity contribution in [2.45, 2.75) is 25.7 Å². The molecule has 0 amide bonds. The van der Waals surface area contributed by atoms with E-state index in [2.05, 4.69) is 0 Å². The quantitative estimate of drug-likeness (QED) is 0.888. The van der Waals surface area contributed by atoms with E-state index in [1.54, 1.807) is 14.2 Å². The molecule has 0 unspecified atom stereocenters. The number of benzene rings is 1. The van der Waals surface area contributed by atoms with Crippen LogP contribution in [0.4, 0.5) is 0 Å². The molecule has 1 fully saturated rings. The average Bonchev–Trinajstić information content (AvgIpc) is 2.86. The van der Waals surface area contributed by atoms with Crippen molar-refractivity contribution < 1.29 is 19.4 Å². The predicted octanol–water partition coefficient (Wildman–Crippen LogP) is 2.75. The Morgan fingerprint density at radius 1 is 1.21 bits per heavy atom. The molecule has 0 saturated heterocycles. The van der Waals surface area contributed by atoms with Crippen molar-refractivity contribution in [1.29, 1.82) is 0 Å². The van der Waals surface area contributed by atoms with Gasteiger partial charge in [0.05, 0.1) is 20.1 Å². The largest absolute Gasteiger partial charge is 0.497 e. The van der Waals surface area contributed by atoms with Crippen LogP contribution in [0.3, 0.4) is 0 Å². The van der Waals surface area contributed by atoms with Gasteiger partial charge in [-0.25, -0.2) is 0 Å². The molecule has 1 N–H and O–H groups in total. The van der Waals surface area contributed by atoms with Crippen molar-refractivity contribution in [2.24, 2.45) is 11.8 Å². The monoisotopic (exact) mass is 264 g/mol. The van der Waals surface area contributed by atoms with Crippen LogP contribution in [0.15, 0.2) is 18.2 Å². The molecule has 0 spiro atoms. The van der Waals surface area contributed by atoms with Crippen LogP contribution in [0, 0.1) is 11.8 Å². The van der Waals surface area contributed by atoms with Crippen molar-refractivity contribution in [3.8, 4) is 11.5 Å². The normalized spacial score (nSPS) is 22.2. The van der Waals surface area contributed by atoms with Crippen LogP contribution in [-0.4, -0.2) is 25.3 Å². The Balaban J connectivity index is 2.16. The summed E-state index contributed by atoms with van der Waals surface area (Å²) in [7, 11) is 3.24. The van der Waals surface area contributed by atoms with Crippen LogP contribution in [0.25, 0.3) is 0 Å². The summed E-state index contributed by atoms with van der Waals surface area (Å²) in [4.78, 5) is 11.2. The minimum absolute atomic E-state index is 0.211. The van der Waals surface area contributed by atoms with E-state index in [-0.39, 0.29) is 11.8 Å². The molecule has 1 aliphatic rings. The molecule has 2 atom stereocenters. The highest BCUT2D eigenvalue weighted by atomic mass is 16.5. The molecule has 0 heterocycles. The molecule has 1 saturated carbocycles. The molecular weight excluding hydrogens is 244 g/mol. The molecule has 0 radical (unpaired) electrons. The third-order valence-corrected chi connectivity index (χ3v) is 3.89. The van der Waals surface area contributed by atoms with Crippen molar-refractivity contribution in [2.75, 3.05) is 14.2 Å². The van der Waals surface area contributed by atoms with Crippen molar-refractivity contribution in [3.05, 3.63) is 23.8 Å². The summed E-state index contributed by atoms with van der Waals surface area (Å²) in [5, 5.41) is 9.21. The second-order valence-electron chi connectivity index (χ2n) is 5.06. The summed E-state index contributed by atoms with van der Waals surface area (Å²) in [6.45, 7) is 0. The summed E-state index contributed by atoms with van der Waals surface area (Å²) in [6.07, 6.45) is 3.55. The van der Waals surface area contributed by atoms with Gasteiger partial charge in [-0.05, 0) is 42.9 Å². The van der Waals surface area contributed by atoms with Crippen molar-refractivity contribution in [3.63, 3.8) is 0 Å². The van der Waals surface area contributed by atoms with Crippen LogP contribution in [-0.2, 0) is 11.2 Å². The lowest BCUT2D eigenvalue weighted by Gasteiger charge is -2.16. The van der Waals surface area contributed by atoms with Gasteiger partial charge in [0.2, 0.25) is 0 Å². The van der Waals surface area contributed by atoms with Gasteiger partial charge in [-0.3, -0.25) is 4.79 Å². The number of carboxylic acid groups (broad SMARTS) is 1. The molecule has 1 aliphatic carbocycles. The number of carbonyl (C=O) groups is 1. The molecule has 104 valence electrons. The van der Waals surface area contributed by atoms with E-state index >= 15 is 0 Å². The highest BCUT2D eigenvalue weighted by Crippen LogP contribution is 2.35. The first-order valence-corrected chi connectivity index (χ1v) is 6.58. The molecule has 0 aromatic heterocycles. The molecule has 2 rings (SSSR count). The highest BCUT2D eigenvalue weighted by molar-refractivity contribution is 5.70. The van der Waals surface area contributed by atoms with Crippen LogP contribution >= 0.6 is 0 Å². The number of hydrogen-bond acceptors (Lipinski definition) is 3. The second kappa shape index (κ2) is 5.95. The summed E-state index contributed by atoms with van der Waals surface area (Å²) < 4.78 is 10.5. The molecular formula is C15H20O4. The minimum atomic E-state index is -0.669. The van der Waals surface area contributed by atoms with E-state index in [0.29, 0.717) is 0 Å². The van der Waals surface area contributed by atoms with Gasteiger partial charge in [-0.1, -0.05) is 6.42 Å². The van der Waals surface area contributed by atoms with Gasteiger partial charge < -0.3 is 14.6 Å². The summed E-state index contributed by atoms with van der Waals surface area (Å²) in [5.41, 5.74) is 1.08. The van der Waals surface area contributed by atoms with Gasteiger partial charge in [-0.2, -0.15) is 0 Å². The molecule has 1 aromatic rings. The smallest absolute Gasteiger partial charge is 0.306 e. The number of rotatable bonds is 5. The minimum Gasteiger partial charge on any atom is -0.497 e. The van der Waals surface area contributed by atoms with E-state index in [0.717, 1.165) is 42.7 Å². The summed E-state index contributed by atoms with van der Waals surface area (Å²) >= 11 is 0. The summed E-state index contributed by atoms with van der Waals surface area (Å²) in [5.74, 6) is 0.835. The topological polar surface area (TPSA) is 55.8 Å². The molecule has 1 aromatic carbocycles. The SMILES string of the molecule is COc1cc(C[C@H]2CCC[C@@H]2C(=O)O)cc(OC)c1. The number of hydrogen-bond donors (Lipinski definition) is 1. The Morgan fingerprint density at radius 3 is 2.37 bits per heavy atom. The Kier molecular flexibility index (Phi) is 4.30. The zero-order valence-corrected chi connectivity index (χ0v) is 11.4. The van der Waals surface area contributed by atoms with E-state index in [1.807, 2.05) is 18.2 Å². The average molecular weight is 264 g/mol. The van der Waals surface area contributed by atoms with Gasteiger partial charge in [0.25, 0.3) is 0 Å². The third kappa shape index (κ3) is 3.19. The molecule has 0 bridgehead atoms. The number of ether oxygens (including phenoxy) is 2. The van der Waals surface area contributed by atoms with Crippen molar-refractivity contribution in [1.82, 2.24) is 0 Å². The fraction of sp³-hybridized carbons (Fsp3) is 0.533. The zero-order valence-electron chi connectivity index (χ0n) is 11.4. The maximum absolute atomic E-state index is 11.2. The molecule has 0 aliphatic heterocycles. The number of methoxy groups -OCH3 is 2. The van der Waals surface area contributed by atoms with Gasteiger partial charge >= 0.3 is 5.97 Å². The Morgan fingerprint density at radius 2 is 1.84 bits per heavy atom. The van der Waals surface area contributed by atoms with Crippen LogP contribution in [0.1, 0.15) is 24.8 Å². The van der Waals surface area contributed by atoms with E-state index in [4.69, 9.17) is 9.47 Å². The molecule has 4 nitrogen and oxygen atoms in total. The first-order chi connectivity index (χ1) is 9.13. The van der Waals surface area contributed by atoms with Gasteiger partial charge in [0.1, 0.15) is 11.5 Å². The Labute approximate surface area is 113 Å². The summed E-state index contributed by atoms with van der Waals surface area (Å²) in [6, 6.07) is 5.74. The van der Waals surface area contributed by atoms with E-state index < -0.39 is 5.97 Å².